The maximum Gasteiger partial charge on any atom is 0.416 e. The fourth-order valence-electron chi connectivity index (χ4n) is 1.99. The Morgan fingerprint density at radius 2 is 1.89 bits per heavy atom. The van der Waals surface area contributed by atoms with Crippen LogP contribution in [0.4, 0.5) is 18.9 Å². The van der Waals surface area contributed by atoms with Crippen molar-refractivity contribution in [3.63, 3.8) is 0 Å². The van der Waals surface area contributed by atoms with Crippen molar-refractivity contribution in [3.05, 3.63) is 28.2 Å². The fraction of sp³-hybridized carbons (Fsp3) is 0.500. The summed E-state index contributed by atoms with van der Waals surface area (Å²) in [7, 11) is 0. The van der Waals surface area contributed by atoms with Gasteiger partial charge in [-0.2, -0.15) is 13.2 Å². The molecule has 2 nitrogen and oxygen atoms in total. The molecule has 1 aromatic rings. The Morgan fingerprint density at radius 3 is 2.44 bits per heavy atom. The highest BCUT2D eigenvalue weighted by atomic mass is 79.9. The van der Waals surface area contributed by atoms with E-state index in [0.29, 0.717) is 10.5 Å². The molecule has 1 aromatic carbocycles. The fourth-order valence-corrected chi connectivity index (χ4v) is 2.49. The molecule has 0 saturated carbocycles. The molecular weight excluding hydrogens is 309 g/mol. The van der Waals surface area contributed by atoms with Crippen LogP contribution < -0.4 is 10.6 Å². The SMILES string of the molecule is FC(F)(F)c1ccc(NC2CCNCC2)c(Br)c1. The lowest BCUT2D eigenvalue weighted by Gasteiger charge is -2.25. The molecule has 18 heavy (non-hydrogen) atoms. The summed E-state index contributed by atoms with van der Waals surface area (Å²) in [5, 5.41) is 6.52. The highest BCUT2D eigenvalue weighted by Gasteiger charge is 2.30. The number of hydrogen-bond acceptors (Lipinski definition) is 2. The third kappa shape index (κ3) is 3.38. The minimum absolute atomic E-state index is 0.319. The number of anilines is 1. The molecule has 0 radical (unpaired) electrons. The molecule has 1 aliphatic heterocycles. The summed E-state index contributed by atoms with van der Waals surface area (Å²) < 4.78 is 38.0. The zero-order valence-electron chi connectivity index (χ0n) is 9.65. The third-order valence-corrected chi connectivity index (χ3v) is 3.65. The van der Waals surface area contributed by atoms with E-state index >= 15 is 0 Å². The molecule has 0 aromatic heterocycles. The van der Waals surface area contributed by atoms with E-state index in [1.165, 1.54) is 6.07 Å². The molecular formula is C12H14BrF3N2. The molecule has 2 N–H and O–H groups in total. The van der Waals surface area contributed by atoms with Gasteiger partial charge in [-0.3, -0.25) is 0 Å². The minimum atomic E-state index is -4.30. The van der Waals surface area contributed by atoms with Gasteiger partial charge in [-0.25, -0.2) is 0 Å². The normalized spacial score (nSPS) is 17.8. The van der Waals surface area contributed by atoms with Crippen LogP contribution in [0.2, 0.25) is 0 Å². The molecule has 2 rings (SSSR count). The molecule has 1 aliphatic rings. The molecule has 0 aliphatic carbocycles. The first kappa shape index (κ1) is 13.7. The van der Waals surface area contributed by atoms with Crippen LogP contribution in [0, 0.1) is 0 Å². The Bertz CT molecular complexity index is 414. The number of hydrogen-bond donors (Lipinski definition) is 2. The zero-order valence-corrected chi connectivity index (χ0v) is 11.2. The Hall–Kier alpha value is -0.750. The van der Waals surface area contributed by atoms with Gasteiger partial charge in [0.2, 0.25) is 0 Å². The van der Waals surface area contributed by atoms with E-state index in [1.807, 2.05) is 0 Å². The molecule has 1 heterocycles. The van der Waals surface area contributed by atoms with Crippen molar-refractivity contribution in [2.24, 2.45) is 0 Å². The highest BCUT2D eigenvalue weighted by molar-refractivity contribution is 9.10. The van der Waals surface area contributed by atoms with Gasteiger partial charge in [0.25, 0.3) is 0 Å². The first-order valence-corrected chi connectivity index (χ1v) is 6.60. The molecule has 100 valence electrons. The summed E-state index contributed by atoms with van der Waals surface area (Å²) in [4.78, 5) is 0. The average molecular weight is 323 g/mol. The van der Waals surface area contributed by atoms with Crippen molar-refractivity contribution in [1.29, 1.82) is 0 Å². The molecule has 6 heteroatoms. The van der Waals surface area contributed by atoms with Crippen LogP contribution in [-0.4, -0.2) is 19.1 Å². The van der Waals surface area contributed by atoms with E-state index in [1.54, 1.807) is 0 Å². The Labute approximate surface area is 112 Å². The Morgan fingerprint density at radius 1 is 1.22 bits per heavy atom. The van der Waals surface area contributed by atoms with Gasteiger partial charge in [-0.15, -0.1) is 0 Å². The molecule has 1 fully saturated rings. The smallest absolute Gasteiger partial charge is 0.381 e. The van der Waals surface area contributed by atoms with Gasteiger partial charge in [0, 0.05) is 16.2 Å². The second kappa shape index (κ2) is 5.48. The summed E-state index contributed by atoms with van der Waals surface area (Å²) in [6.07, 6.45) is -2.34. The van der Waals surface area contributed by atoms with Gasteiger partial charge < -0.3 is 10.6 Å². The summed E-state index contributed by atoms with van der Waals surface area (Å²) in [5.41, 5.74) is 0.0835. The summed E-state index contributed by atoms with van der Waals surface area (Å²) in [6, 6.07) is 4.02. The quantitative estimate of drug-likeness (QED) is 0.868. The van der Waals surface area contributed by atoms with Crippen LogP contribution in [-0.2, 0) is 6.18 Å². The van der Waals surface area contributed by atoms with Gasteiger partial charge >= 0.3 is 6.18 Å². The number of benzene rings is 1. The number of piperidine rings is 1. The molecule has 0 atom stereocenters. The number of alkyl halides is 3. The molecule has 0 spiro atoms. The van der Waals surface area contributed by atoms with Crippen molar-refractivity contribution < 1.29 is 13.2 Å². The predicted octanol–water partition coefficient (Wildman–Crippen LogP) is 3.63. The number of rotatable bonds is 2. The first-order valence-electron chi connectivity index (χ1n) is 5.81. The minimum Gasteiger partial charge on any atom is -0.381 e. The summed E-state index contributed by atoms with van der Waals surface area (Å²) in [5.74, 6) is 0. The number of nitrogens with one attached hydrogen (secondary N) is 2. The van der Waals surface area contributed by atoms with Gasteiger partial charge in [-0.05, 0) is 60.1 Å². The monoisotopic (exact) mass is 322 g/mol. The molecule has 0 unspecified atom stereocenters. The molecule has 0 bridgehead atoms. The van der Waals surface area contributed by atoms with Gasteiger partial charge in [0.15, 0.2) is 0 Å². The van der Waals surface area contributed by atoms with E-state index in [9.17, 15) is 13.2 Å². The van der Waals surface area contributed by atoms with E-state index in [4.69, 9.17) is 0 Å². The van der Waals surface area contributed by atoms with E-state index in [0.717, 1.165) is 43.8 Å². The van der Waals surface area contributed by atoms with Crippen LogP contribution in [0.15, 0.2) is 22.7 Å². The largest absolute Gasteiger partial charge is 0.416 e. The Balaban J connectivity index is 2.09. The second-order valence-corrected chi connectivity index (χ2v) is 5.22. The van der Waals surface area contributed by atoms with Gasteiger partial charge in [0.05, 0.1) is 5.56 Å². The maximum absolute atomic E-state index is 12.5. The highest BCUT2D eigenvalue weighted by Crippen LogP contribution is 2.34. The van der Waals surface area contributed by atoms with Crippen LogP contribution in [0.25, 0.3) is 0 Å². The van der Waals surface area contributed by atoms with Gasteiger partial charge in [0.1, 0.15) is 0 Å². The van der Waals surface area contributed by atoms with Crippen molar-refractivity contribution in [1.82, 2.24) is 5.32 Å². The zero-order chi connectivity index (χ0) is 13.2. The first-order chi connectivity index (χ1) is 8.47. The predicted molar refractivity (Wildman–Crippen MR) is 68.7 cm³/mol. The van der Waals surface area contributed by atoms with Crippen LogP contribution in [0.1, 0.15) is 18.4 Å². The van der Waals surface area contributed by atoms with Crippen LogP contribution in [0.5, 0.6) is 0 Å². The standard InChI is InChI=1S/C12H14BrF3N2/c13-10-7-8(12(14,15)16)1-2-11(10)18-9-3-5-17-6-4-9/h1-2,7,9,17-18H,3-6H2. The second-order valence-electron chi connectivity index (χ2n) is 4.36. The van der Waals surface area contributed by atoms with E-state index < -0.39 is 11.7 Å². The molecule has 1 saturated heterocycles. The van der Waals surface area contributed by atoms with Crippen molar-refractivity contribution in [2.45, 2.75) is 25.1 Å². The lowest BCUT2D eigenvalue weighted by Crippen LogP contribution is -2.35. The van der Waals surface area contributed by atoms with Crippen molar-refractivity contribution in [2.75, 3.05) is 18.4 Å². The topological polar surface area (TPSA) is 24.1 Å². The van der Waals surface area contributed by atoms with Crippen molar-refractivity contribution in [3.8, 4) is 0 Å². The van der Waals surface area contributed by atoms with E-state index in [2.05, 4.69) is 26.6 Å². The third-order valence-electron chi connectivity index (χ3n) is 3.00. The molecule has 0 amide bonds. The maximum atomic E-state index is 12.5. The van der Waals surface area contributed by atoms with Gasteiger partial charge in [-0.1, -0.05) is 0 Å². The lowest BCUT2D eigenvalue weighted by molar-refractivity contribution is -0.137. The Kier molecular flexibility index (Phi) is 4.17. The van der Waals surface area contributed by atoms with E-state index in [-0.39, 0.29) is 0 Å². The lowest BCUT2D eigenvalue weighted by atomic mass is 10.1. The average Bonchev–Trinajstić information content (AvgIpc) is 2.32. The van der Waals surface area contributed by atoms with Crippen LogP contribution in [0.3, 0.4) is 0 Å². The van der Waals surface area contributed by atoms with Crippen LogP contribution >= 0.6 is 15.9 Å². The number of halogens is 4. The van der Waals surface area contributed by atoms with Crippen molar-refractivity contribution >= 4 is 21.6 Å². The summed E-state index contributed by atoms with van der Waals surface area (Å²) in [6.45, 7) is 1.88. The summed E-state index contributed by atoms with van der Waals surface area (Å²) >= 11 is 3.19.